The van der Waals surface area contributed by atoms with Crippen LogP contribution in [0.5, 0.6) is 0 Å². The normalized spacial score (nSPS) is 18.6. The highest BCUT2D eigenvalue weighted by Crippen LogP contribution is 2.21. The third kappa shape index (κ3) is 2.82. The molecule has 3 rings (SSSR count). The van der Waals surface area contributed by atoms with Gasteiger partial charge in [-0.1, -0.05) is 12.1 Å². The second kappa shape index (κ2) is 5.81. The highest BCUT2D eigenvalue weighted by Gasteiger charge is 2.29. The molecule has 0 bridgehead atoms. The second-order valence-electron chi connectivity index (χ2n) is 5.58. The number of carbonyl (C=O) groups excluding carboxylic acids is 1. The average Bonchev–Trinajstić information content (AvgIpc) is 2.89. The van der Waals surface area contributed by atoms with Crippen LogP contribution in [0.2, 0.25) is 0 Å². The summed E-state index contributed by atoms with van der Waals surface area (Å²) in [6.07, 6.45) is 1.18. The van der Waals surface area contributed by atoms with E-state index in [1.54, 1.807) is 4.90 Å². The fourth-order valence-corrected chi connectivity index (χ4v) is 2.75. The number of aromatic nitrogens is 1. The van der Waals surface area contributed by atoms with E-state index in [-0.39, 0.29) is 25.5 Å². The number of carbonyl (C=O) groups is 2. The molecule has 22 heavy (non-hydrogen) atoms. The van der Waals surface area contributed by atoms with Gasteiger partial charge in [-0.05, 0) is 24.1 Å². The van der Waals surface area contributed by atoms with E-state index >= 15 is 0 Å². The number of hydrogen-bond donors (Lipinski definition) is 2. The third-order valence-corrected chi connectivity index (χ3v) is 3.96. The highest BCUT2D eigenvalue weighted by molar-refractivity contribution is 5.89. The van der Waals surface area contributed by atoms with Crippen LogP contribution in [0.15, 0.2) is 24.4 Å². The number of nitrogens with one attached hydrogen (secondary N) is 1. The van der Waals surface area contributed by atoms with Crippen molar-refractivity contribution in [2.75, 3.05) is 19.7 Å². The Morgan fingerprint density at radius 2 is 2.27 bits per heavy atom. The molecule has 1 amide bonds. The molecular formula is C16H18N2O4. The van der Waals surface area contributed by atoms with Gasteiger partial charge in [0.15, 0.2) is 6.10 Å². The number of fused-ring (bicyclic) bond motifs is 1. The number of H-pyrrole nitrogens is 1. The number of aliphatic carboxylic acids is 1. The average molecular weight is 302 g/mol. The molecule has 1 aliphatic rings. The van der Waals surface area contributed by atoms with Crippen LogP contribution < -0.4 is 0 Å². The van der Waals surface area contributed by atoms with Gasteiger partial charge in [0.25, 0.3) is 0 Å². The molecule has 0 radical (unpaired) electrons. The number of amides is 1. The Labute approximate surface area is 127 Å². The topological polar surface area (TPSA) is 82.6 Å². The van der Waals surface area contributed by atoms with Crippen molar-refractivity contribution >= 4 is 22.8 Å². The van der Waals surface area contributed by atoms with Gasteiger partial charge in [0.1, 0.15) is 0 Å². The van der Waals surface area contributed by atoms with Gasteiger partial charge in [0.2, 0.25) is 5.91 Å². The first-order chi connectivity index (χ1) is 10.5. The summed E-state index contributed by atoms with van der Waals surface area (Å²) in [5, 5.41) is 10.0. The van der Waals surface area contributed by atoms with Gasteiger partial charge in [0.05, 0.1) is 19.6 Å². The van der Waals surface area contributed by atoms with Crippen molar-refractivity contribution in [2.24, 2.45) is 0 Å². The van der Waals surface area contributed by atoms with E-state index in [0.717, 1.165) is 22.0 Å². The molecule has 2 N–H and O–H groups in total. The molecule has 1 fully saturated rings. The molecule has 116 valence electrons. The van der Waals surface area contributed by atoms with Gasteiger partial charge < -0.3 is 19.7 Å². The molecule has 2 heterocycles. The number of carboxylic acid groups (broad SMARTS) is 1. The molecule has 1 aromatic heterocycles. The van der Waals surface area contributed by atoms with E-state index in [0.29, 0.717) is 6.54 Å². The highest BCUT2D eigenvalue weighted by atomic mass is 16.5. The van der Waals surface area contributed by atoms with Crippen LogP contribution in [-0.4, -0.2) is 52.7 Å². The fraction of sp³-hybridized carbons (Fsp3) is 0.375. The summed E-state index contributed by atoms with van der Waals surface area (Å²) in [6, 6.07) is 6.06. The van der Waals surface area contributed by atoms with E-state index in [4.69, 9.17) is 9.84 Å². The van der Waals surface area contributed by atoms with E-state index in [1.165, 1.54) is 0 Å². The molecule has 2 aromatic rings. The Balaban J connectivity index is 1.74. The molecule has 0 aliphatic carbocycles. The number of aryl methyl sites for hydroxylation is 1. The summed E-state index contributed by atoms with van der Waals surface area (Å²) in [5.74, 6) is -1.10. The lowest BCUT2D eigenvalue weighted by atomic mass is 10.1. The Kier molecular flexibility index (Phi) is 3.85. The molecule has 6 heteroatoms. The minimum absolute atomic E-state index is 0.0731. The second-order valence-corrected chi connectivity index (χ2v) is 5.58. The van der Waals surface area contributed by atoms with E-state index in [2.05, 4.69) is 4.98 Å². The van der Waals surface area contributed by atoms with Gasteiger partial charge >= 0.3 is 5.97 Å². The number of nitrogens with zero attached hydrogens (tertiary/aromatic N) is 1. The van der Waals surface area contributed by atoms with Gasteiger partial charge in [-0.2, -0.15) is 0 Å². The van der Waals surface area contributed by atoms with Crippen molar-refractivity contribution in [1.82, 2.24) is 9.88 Å². The van der Waals surface area contributed by atoms with Crippen molar-refractivity contribution < 1.29 is 19.4 Å². The van der Waals surface area contributed by atoms with Crippen LogP contribution in [0, 0.1) is 6.92 Å². The Bertz CT molecular complexity index is 722. The maximum atomic E-state index is 12.4. The molecule has 1 unspecified atom stereocenters. The predicted octanol–water partition coefficient (Wildman–Crippen LogP) is 1.33. The van der Waals surface area contributed by atoms with Crippen molar-refractivity contribution in [3.05, 3.63) is 35.5 Å². The molecular weight excluding hydrogens is 284 g/mol. The lowest BCUT2D eigenvalue weighted by molar-refractivity contribution is -0.159. The summed E-state index contributed by atoms with van der Waals surface area (Å²) in [5.41, 5.74) is 3.09. The Morgan fingerprint density at radius 3 is 3.05 bits per heavy atom. The predicted molar refractivity (Wildman–Crippen MR) is 80.7 cm³/mol. The Morgan fingerprint density at radius 1 is 1.45 bits per heavy atom. The standard InChI is InChI=1S/C16H18N2O4/c1-10-2-3-12-11(8-17-13(12)6-10)7-15(19)18-4-5-22-14(9-18)16(20)21/h2-3,6,8,14,17H,4-5,7,9H2,1H3,(H,20,21). The van der Waals surface area contributed by atoms with Gasteiger partial charge in [0, 0.05) is 23.6 Å². The maximum Gasteiger partial charge on any atom is 0.334 e. The minimum atomic E-state index is -1.03. The van der Waals surface area contributed by atoms with Crippen LogP contribution in [0.4, 0.5) is 0 Å². The van der Waals surface area contributed by atoms with Crippen LogP contribution in [0.3, 0.4) is 0 Å². The lowest BCUT2D eigenvalue weighted by Crippen LogP contribution is -2.49. The molecule has 6 nitrogen and oxygen atoms in total. The number of morpholine rings is 1. The van der Waals surface area contributed by atoms with Crippen molar-refractivity contribution in [2.45, 2.75) is 19.4 Å². The number of benzene rings is 1. The number of hydrogen-bond acceptors (Lipinski definition) is 3. The molecule has 1 aliphatic heterocycles. The molecule has 1 saturated heterocycles. The summed E-state index contributed by atoms with van der Waals surface area (Å²) in [4.78, 5) is 28.1. The zero-order valence-electron chi connectivity index (χ0n) is 12.3. The van der Waals surface area contributed by atoms with Crippen LogP contribution in [0.25, 0.3) is 10.9 Å². The maximum absolute atomic E-state index is 12.4. The van der Waals surface area contributed by atoms with Crippen LogP contribution >= 0.6 is 0 Å². The summed E-state index contributed by atoms with van der Waals surface area (Å²) in [6.45, 7) is 2.82. The largest absolute Gasteiger partial charge is 0.479 e. The van der Waals surface area contributed by atoms with Gasteiger partial charge in [-0.15, -0.1) is 0 Å². The number of ether oxygens (including phenoxy) is 1. The molecule has 1 atom stereocenters. The number of aromatic amines is 1. The number of rotatable bonds is 3. The van der Waals surface area contributed by atoms with E-state index < -0.39 is 12.1 Å². The minimum Gasteiger partial charge on any atom is -0.479 e. The third-order valence-electron chi connectivity index (χ3n) is 3.96. The van der Waals surface area contributed by atoms with Crippen molar-refractivity contribution in [3.8, 4) is 0 Å². The molecule has 0 saturated carbocycles. The van der Waals surface area contributed by atoms with E-state index in [1.807, 2.05) is 31.3 Å². The van der Waals surface area contributed by atoms with Gasteiger partial charge in [-0.3, -0.25) is 4.79 Å². The first kappa shape index (κ1) is 14.6. The van der Waals surface area contributed by atoms with Gasteiger partial charge in [-0.25, -0.2) is 4.79 Å². The quantitative estimate of drug-likeness (QED) is 0.896. The van der Waals surface area contributed by atoms with E-state index in [9.17, 15) is 9.59 Å². The smallest absolute Gasteiger partial charge is 0.334 e. The van der Waals surface area contributed by atoms with Crippen LogP contribution in [-0.2, 0) is 20.7 Å². The van der Waals surface area contributed by atoms with Crippen molar-refractivity contribution in [1.29, 1.82) is 0 Å². The summed E-state index contributed by atoms with van der Waals surface area (Å²) >= 11 is 0. The summed E-state index contributed by atoms with van der Waals surface area (Å²) in [7, 11) is 0. The lowest BCUT2D eigenvalue weighted by Gasteiger charge is -2.30. The molecule has 0 spiro atoms. The zero-order valence-corrected chi connectivity index (χ0v) is 12.3. The SMILES string of the molecule is Cc1ccc2c(CC(=O)N3CCOC(C(=O)O)C3)c[nH]c2c1. The first-order valence-electron chi connectivity index (χ1n) is 7.23. The fourth-order valence-electron chi connectivity index (χ4n) is 2.75. The Hall–Kier alpha value is -2.34. The zero-order chi connectivity index (χ0) is 15.7. The molecule has 1 aromatic carbocycles. The van der Waals surface area contributed by atoms with Crippen LogP contribution in [0.1, 0.15) is 11.1 Å². The van der Waals surface area contributed by atoms with Crippen molar-refractivity contribution in [3.63, 3.8) is 0 Å². The first-order valence-corrected chi connectivity index (χ1v) is 7.23. The monoisotopic (exact) mass is 302 g/mol. The number of carboxylic acids is 1. The summed E-state index contributed by atoms with van der Waals surface area (Å²) < 4.78 is 5.14.